The maximum Gasteiger partial charge on any atom is 0.335 e. The number of aryl methyl sites for hydroxylation is 1. The molecule has 134 valence electrons. The SMILES string of the molecule is Cc1nn(Cc2ccccc2C#N)c2cc(C(F)(F)c3nn[nH]n3)ccc12. The Morgan fingerprint density at radius 2 is 2.04 bits per heavy atom. The third kappa shape index (κ3) is 2.81. The molecule has 0 aliphatic carbocycles. The third-order valence-electron chi connectivity index (χ3n) is 4.38. The lowest BCUT2D eigenvalue weighted by Crippen LogP contribution is -2.17. The molecule has 0 spiro atoms. The molecule has 4 rings (SSSR count). The summed E-state index contributed by atoms with van der Waals surface area (Å²) in [4.78, 5) is 0. The molecule has 2 aromatic heterocycles. The summed E-state index contributed by atoms with van der Waals surface area (Å²) in [6.07, 6.45) is 0. The zero-order chi connectivity index (χ0) is 19.0. The first kappa shape index (κ1) is 16.8. The molecule has 7 nitrogen and oxygen atoms in total. The Hall–Kier alpha value is -3.67. The van der Waals surface area contributed by atoms with Gasteiger partial charge in [0.05, 0.1) is 29.4 Å². The number of hydrogen-bond acceptors (Lipinski definition) is 5. The highest BCUT2D eigenvalue weighted by Gasteiger charge is 2.39. The fraction of sp³-hybridized carbons (Fsp3) is 0.167. The van der Waals surface area contributed by atoms with Crippen LogP contribution in [0.3, 0.4) is 0 Å². The maximum atomic E-state index is 14.7. The molecule has 0 radical (unpaired) electrons. The van der Waals surface area contributed by atoms with Gasteiger partial charge in [-0.15, -0.1) is 10.2 Å². The number of nitrogens with zero attached hydrogens (tertiary/aromatic N) is 6. The molecule has 1 N–H and O–H groups in total. The minimum Gasteiger partial charge on any atom is -0.260 e. The molecule has 0 aliphatic rings. The summed E-state index contributed by atoms with van der Waals surface area (Å²) < 4.78 is 31.0. The molecule has 0 saturated heterocycles. The first-order valence-corrected chi connectivity index (χ1v) is 8.08. The number of benzene rings is 2. The second-order valence-electron chi connectivity index (χ2n) is 6.05. The Morgan fingerprint density at radius 1 is 1.22 bits per heavy atom. The van der Waals surface area contributed by atoms with Crippen molar-refractivity contribution in [2.75, 3.05) is 0 Å². The predicted octanol–water partition coefficient (Wildman–Crippen LogP) is 2.92. The van der Waals surface area contributed by atoms with E-state index in [1.54, 1.807) is 22.9 Å². The summed E-state index contributed by atoms with van der Waals surface area (Å²) in [5, 5.41) is 26.6. The van der Waals surface area contributed by atoms with E-state index in [0.717, 1.165) is 10.9 Å². The zero-order valence-corrected chi connectivity index (χ0v) is 14.2. The van der Waals surface area contributed by atoms with Crippen molar-refractivity contribution in [2.24, 2.45) is 0 Å². The molecule has 0 aliphatic heterocycles. The Bertz CT molecular complexity index is 1160. The van der Waals surface area contributed by atoms with Gasteiger partial charge in [-0.2, -0.15) is 24.4 Å². The van der Waals surface area contributed by atoms with Crippen molar-refractivity contribution >= 4 is 10.9 Å². The largest absolute Gasteiger partial charge is 0.335 e. The van der Waals surface area contributed by atoms with Crippen LogP contribution in [0.4, 0.5) is 8.78 Å². The van der Waals surface area contributed by atoms with E-state index in [1.165, 1.54) is 12.1 Å². The second-order valence-corrected chi connectivity index (χ2v) is 6.05. The molecule has 0 atom stereocenters. The molecule has 0 unspecified atom stereocenters. The van der Waals surface area contributed by atoms with Crippen LogP contribution in [0.15, 0.2) is 42.5 Å². The highest BCUT2D eigenvalue weighted by atomic mass is 19.3. The number of aromatic nitrogens is 6. The van der Waals surface area contributed by atoms with Crippen LogP contribution in [0.25, 0.3) is 10.9 Å². The van der Waals surface area contributed by atoms with E-state index in [4.69, 9.17) is 0 Å². The van der Waals surface area contributed by atoms with Crippen LogP contribution in [0.1, 0.15) is 28.2 Å². The monoisotopic (exact) mass is 365 g/mol. The number of fused-ring (bicyclic) bond motifs is 1. The average molecular weight is 365 g/mol. The number of tetrazole rings is 1. The fourth-order valence-corrected chi connectivity index (χ4v) is 3.01. The molecule has 0 fully saturated rings. The number of alkyl halides is 2. The minimum atomic E-state index is -3.39. The first-order valence-electron chi connectivity index (χ1n) is 8.08. The van der Waals surface area contributed by atoms with Crippen LogP contribution in [-0.2, 0) is 12.5 Å². The number of aromatic amines is 1. The van der Waals surface area contributed by atoms with Crippen molar-refractivity contribution in [2.45, 2.75) is 19.4 Å². The lowest BCUT2D eigenvalue weighted by Gasteiger charge is -2.13. The summed E-state index contributed by atoms with van der Waals surface area (Å²) >= 11 is 0. The Morgan fingerprint density at radius 3 is 2.78 bits per heavy atom. The Balaban J connectivity index is 1.82. The molecule has 0 saturated carbocycles. The van der Waals surface area contributed by atoms with Crippen LogP contribution in [0.2, 0.25) is 0 Å². The van der Waals surface area contributed by atoms with E-state index >= 15 is 0 Å². The smallest absolute Gasteiger partial charge is 0.260 e. The van der Waals surface area contributed by atoms with Crippen LogP contribution < -0.4 is 0 Å². The number of nitriles is 1. The highest BCUT2D eigenvalue weighted by molar-refractivity contribution is 5.83. The van der Waals surface area contributed by atoms with E-state index < -0.39 is 11.7 Å². The zero-order valence-electron chi connectivity index (χ0n) is 14.2. The molecule has 27 heavy (non-hydrogen) atoms. The first-order chi connectivity index (χ1) is 13.0. The van der Waals surface area contributed by atoms with Gasteiger partial charge >= 0.3 is 5.92 Å². The van der Waals surface area contributed by atoms with Crippen LogP contribution >= 0.6 is 0 Å². The number of H-pyrrole nitrogens is 1. The van der Waals surface area contributed by atoms with Gasteiger partial charge in [-0.3, -0.25) is 4.68 Å². The van der Waals surface area contributed by atoms with Crippen molar-refractivity contribution in [3.63, 3.8) is 0 Å². The quantitative estimate of drug-likeness (QED) is 0.600. The number of hydrogen-bond donors (Lipinski definition) is 1. The summed E-state index contributed by atoms with van der Waals surface area (Å²) in [7, 11) is 0. The molecule has 4 aromatic rings. The molecule has 9 heteroatoms. The number of rotatable bonds is 4. The summed E-state index contributed by atoms with van der Waals surface area (Å²) in [5.74, 6) is -4.09. The van der Waals surface area contributed by atoms with Crippen LogP contribution in [0, 0.1) is 18.3 Å². The maximum absolute atomic E-state index is 14.7. The molecular formula is C18H13F2N7. The summed E-state index contributed by atoms with van der Waals surface area (Å²) in [6, 6.07) is 13.6. The van der Waals surface area contributed by atoms with Gasteiger partial charge in [-0.1, -0.05) is 30.3 Å². The molecule has 0 bridgehead atoms. The van der Waals surface area contributed by atoms with E-state index in [9.17, 15) is 14.0 Å². The Labute approximate surface area is 152 Å². The van der Waals surface area contributed by atoms with Gasteiger partial charge in [0.25, 0.3) is 0 Å². The van der Waals surface area contributed by atoms with Crippen molar-refractivity contribution < 1.29 is 8.78 Å². The highest BCUT2D eigenvalue weighted by Crippen LogP contribution is 2.35. The second kappa shape index (κ2) is 6.25. The van der Waals surface area contributed by atoms with Gasteiger partial charge < -0.3 is 0 Å². The van der Waals surface area contributed by atoms with Crippen molar-refractivity contribution in [3.05, 3.63) is 70.7 Å². The summed E-state index contributed by atoms with van der Waals surface area (Å²) in [5.41, 5.74) is 2.28. The van der Waals surface area contributed by atoms with Gasteiger partial charge in [0.1, 0.15) is 0 Å². The molecule has 2 aromatic carbocycles. The Kier molecular flexibility index (Phi) is 3.88. The molecule has 2 heterocycles. The average Bonchev–Trinajstić information content (AvgIpc) is 3.32. The lowest BCUT2D eigenvalue weighted by atomic mass is 10.0. The lowest BCUT2D eigenvalue weighted by molar-refractivity contribution is 0.0330. The molecule has 0 amide bonds. The topological polar surface area (TPSA) is 96.1 Å². The number of nitrogens with one attached hydrogen (secondary N) is 1. The van der Waals surface area contributed by atoms with Gasteiger partial charge in [0.15, 0.2) is 0 Å². The predicted molar refractivity (Wildman–Crippen MR) is 91.9 cm³/mol. The van der Waals surface area contributed by atoms with Crippen molar-refractivity contribution in [1.29, 1.82) is 5.26 Å². The third-order valence-corrected chi connectivity index (χ3v) is 4.38. The van der Waals surface area contributed by atoms with Crippen LogP contribution in [0.5, 0.6) is 0 Å². The van der Waals surface area contributed by atoms with Gasteiger partial charge in [0.2, 0.25) is 5.82 Å². The van der Waals surface area contributed by atoms with E-state index in [0.29, 0.717) is 23.3 Å². The molecular weight excluding hydrogens is 352 g/mol. The van der Waals surface area contributed by atoms with E-state index in [-0.39, 0.29) is 5.56 Å². The standard InChI is InChI=1S/C18H13F2N7/c1-11-15-7-6-14(18(19,20)17-22-25-26-23-17)8-16(15)27(24-11)10-13-5-3-2-4-12(13)9-21/h2-8H,10H2,1H3,(H,22,23,25,26). The minimum absolute atomic E-state index is 0.258. The summed E-state index contributed by atoms with van der Waals surface area (Å²) in [6.45, 7) is 2.11. The van der Waals surface area contributed by atoms with Gasteiger partial charge in [0, 0.05) is 10.9 Å². The normalized spacial score (nSPS) is 11.6. The fourth-order valence-electron chi connectivity index (χ4n) is 3.01. The van der Waals surface area contributed by atoms with Crippen molar-refractivity contribution in [3.8, 4) is 6.07 Å². The number of halogens is 2. The van der Waals surface area contributed by atoms with Gasteiger partial charge in [-0.25, -0.2) is 0 Å². The van der Waals surface area contributed by atoms with E-state index in [1.807, 2.05) is 19.1 Å². The van der Waals surface area contributed by atoms with Gasteiger partial charge in [-0.05, 0) is 29.8 Å². The van der Waals surface area contributed by atoms with E-state index in [2.05, 4.69) is 31.8 Å². The van der Waals surface area contributed by atoms with Crippen molar-refractivity contribution in [1.82, 2.24) is 30.4 Å². The van der Waals surface area contributed by atoms with Crippen LogP contribution in [-0.4, -0.2) is 30.4 Å².